The molecule has 4 aromatic rings. The molecule has 252 valence electrons. The van der Waals surface area contributed by atoms with E-state index in [1.807, 2.05) is 24.3 Å². The minimum Gasteiger partial charge on any atom is -0.294 e. The quantitative estimate of drug-likeness (QED) is 0.182. The standard InChI is InChI=1S/C46H41F3O/c1-46(2)24-32-21-31-23-37(26-7-3-4-8-26)44(41(28-15-17-33(47)18-16-28)42(31)40(32)39(50)25-46)43-35(27-11-13-29(14-12-27)45(48)49)19-20-36-34-10-6-5-9-30(34)22-38(36)43/h5-6,9-20,26,41,45H,3-4,7-8,21-25H2,1-2H3. The van der Waals surface area contributed by atoms with Crippen molar-refractivity contribution in [3.05, 3.63) is 146 Å². The fourth-order valence-electron chi connectivity index (χ4n) is 10.1. The molecular weight excluding hydrogens is 625 g/mol. The number of alkyl halides is 2. The van der Waals surface area contributed by atoms with Gasteiger partial charge in [0.2, 0.25) is 0 Å². The van der Waals surface area contributed by atoms with E-state index in [-0.39, 0.29) is 28.5 Å². The van der Waals surface area contributed by atoms with E-state index in [1.165, 1.54) is 63.0 Å². The Morgan fingerprint density at radius 2 is 1.44 bits per heavy atom. The van der Waals surface area contributed by atoms with Crippen molar-refractivity contribution < 1.29 is 18.0 Å². The molecule has 0 aromatic heterocycles. The number of fused-ring (bicyclic) bond motifs is 4. The molecule has 5 aliphatic carbocycles. The molecule has 5 aliphatic rings. The summed E-state index contributed by atoms with van der Waals surface area (Å²) in [6.07, 6.45) is 5.98. The predicted octanol–water partition coefficient (Wildman–Crippen LogP) is 12.5. The summed E-state index contributed by atoms with van der Waals surface area (Å²) < 4.78 is 42.2. The Balaban J connectivity index is 1.35. The molecule has 4 aromatic carbocycles. The molecule has 0 aliphatic heterocycles. The van der Waals surface area contributed by atoms with Crippen molar-refractivity contribution in [2.75, 3.05) is 0 Å². The molecule has 1 saturated carbocycles. The zero-order valence-electron chi connectivity index (χ0n) is 28.7. The highest BCUT2D eigenvalue weighted by Crippen LogP contribution is 2.61. The number of carbonyl (C=O) groups is 1. The summed E-state index contributed by atoms with van der Waals surface area (Å²) in [6, 6.07) is 26.7. The van der Waals surface area contributed by atoms with Crippen LogP contribution in [0.3, 0.4) is 0 Å². The first-order valence-corrected chi connectivity index (χ1v) is 18.3. The van der Waals surface area contributed by atoms with Crippen LogP contribution in [0.5, 0.6) is 0 Å². The van der Waals surface area contributed by atoms with Crippen LogP contribution in [-0.2, 0) is 11.2 Å². The molecule has 0 amide bonds. The molecule has 1 unspecified atom stereocenters. The van der Waals surface area contributed by atoms with Crippen LogP contribution >= 0.6 is 0 Å². The van der Waals surface area contributed by atoms with Crippen LogP contribution in [0.1, 0.15) is 105 Å². The highest BCUT2D eigenvalue weighted by atomic mass is 19.3. The van der Waals surface area contributed by atoms with Gasteiger partial charge < -0.3 is 0 Å². The number of hydrogen-bond acceptors (Lipinski definition) is 1. The Labute approximate surface area is 292 Å². The first-order chi connectivity index (χ1) is 24.2. The lowest BCUT2D eigenvalue weighted by Crippen LogP contribution is -2.27. The van der Waals surface area contributed by atoms with E-state index >= 15 is 0 Å². The summed E-state index contributed by atoms with van der Waals surface area (Å²) >= 11 is 0. The Hall–Kier alpha value is -4.44. The molecule has 0 bridgehead atoms. The average Bonchev–Trinajstić information content (AvgIpc) is 3.85. The molecule has 1 nitrogen and oxygen atoms in total. The maximum Gasteiger partial charge on any atom is 0.263 e. The Morgan fingerprint density at radius 3 is 2.18 bits per heavy atom. The summed E-state index contributed by atoms with van der Waals surface area (Å²) in [7, 11) is 0. The van der Waals surface area contributed by atoms with Crippen molar-refractivity contribution in [3.63, 3.8) is 0 Å². The monoisotopic (exact) mass is 666 g/mol. The summed E-state index contributed by atoms with van der Waals surface area (Å²) in [4.78, 5) is 14.2. The molecule has 50 heavy (non-hydrogen) atoms. The lowest BCUT2D eigenvalue weighted by atomic mass is 9.65. The number of benzene rings is 4. The van der Waals surface area contributed by atoms with E-state index in [2.05, 4.69) is 50.2 Å². The smallest absolute Gasteiger partial charge is 0.263 e. The van der Waals surface area contributed by atoms with Gasteiger partial charge in [0, 0.05) is 23.5 Å². The van der Waals surface area contributed by atoms with Crippen LogP contribution in [0.15, 0.2) is 113 Å². The number of ketones is 1. The van der Waals surface area contributed by atoms with Gasteiger partial charge in [-0.1, -0.05) is 116 Å². The minimum absolute atomic E-state index is 0.00975. The molecule has 1 fully saturated rings. The third-order valence-corrected chi connectivity index (χ3v) is 12.1. The fraction of sp³-hybridized carbons (Fsp3) is 0.326. The predicted molar refractivity (Wildman–Crippen MR) is 194 cm³/mol. The van der Waals surface area contributed by atoms with Crippen molar-refractivity contribution in [3.8, 4) is 22.3 Å². The van der Waals surface area contributed by atoms with Gasteiger partial charge in [0.05, 0.1) is 0 Å². The highest BCUT2D eigenvalue weighted by molar-refractivity contribution is 6.06. The zero-order chi connectivity index (χ0) is 34.3. The first kappa shape index (κ1) is 31.5. The molecule has 1 atom stereocenters. The summed E-state index contributed by atoms with van der Waals surface area (Å²) in [6.45, 7) is 4.40. The van der Waals surface area contributed by atoms with Crippen LogP contribution in [0.4, 0.5) is 13.2 Å². The van der Waals surface area contributed by atoms with E-state index in [9.17, 15) is 18.0 Å². The van der Waals surface area contributed by atoms with E-state index in [4.69, 9.17) is 0 Å². The van der Waals surface area contributed by atoms with Gasteiger partial charge in [0.1, 0.15) is 5.82 Å². The van der Waals surface area contributed by atoms with Crippen LogP contribution < -0.4 is 0 Å². The van der Waals surface area contributed by atoms with Gasteiger partial charge in [-0.3, -0.25) is 4.79 Å². The van der Waals surface area contributed by atoms with E-state index < -0.39 is 6.43 Å². The van der Waals surface area contributed by atoms with Crippen molar-refractivity contribution in [2.45, 2.75) is 84.0 Å². The second-order valence-electron chi connectivity index (χ2n) is 16.0. The number of allylic oxidation sites excluding steroid dienone is 6. The second kappa shape index (κ2) is 11.8. The third kappa shape index (κ3) is 5.09. The van der Waals surface area contributed by atoms with Gasteiger partial charge >= 0.3 is 0 Å². The molecule has 9 rings (SSSR count). The van der Waals surface area contributed by atoms with Crippen LogP contribution in [0.2, 0.25) is 0 Å². The molecule has 0 radical (unpaired) electrons. The van der Waals surface area contributed by atoms with Crippen molar-refractivity contribution in [1.82, 2.24) is 0 Å². The second-order valence-corrected chi connectivity index (χ2v) is 16.0. The Kier molecular flexibility index (Phi) is 7.46. The van der Waals surface area contributed by atoms with Crippen LogP contribution in [0.25, 0.3) is 27.8 Å². The highest BCUT2D eigenvalue weighted by Gasteiger charge is 2.46. The number of carbonyl (C=O) groups excluding carboxylic acids is 1. The number of Topliss-reactive ketones (excluding diaryl/α,β-unsaturated/α-hetero) is 1. The van der Waals surface area contributed by atoms with Gasteiger partial charge in [-0.05, 0) is 118 Å². The van der Waals surface area contributed by atoms with E-state index in [0.717, 1.165) is 66.4 Å². The maximum absolute atomic E-state index is 14.6. The van der Waals surface area contributed by atoms with Gasteiger partial charge in [0.25, 0.3) is 6.43 Å². The van der Waals surface area contributed by atoms with Gasteiger partial charge in [-0.2, -0.15) is 0 Å². The van der Waals surface area contributed by atoms with Crippen LogP contribution in [-0.4, -0.2) is 5.78 Å². The molecular formula is C46H41F3O. The lowest BCUT2D eigenvalue weighted by Gasteiger charge is -2.37. The largest absolute Gasteiger partial charge is 0.294 e. The first-order valence-electron chi connectivity index (χ1n) is 18.3. The number of halogens is 3. The topological polar surface area (TPSA) is 17.1 Å². The Morgan fingerprint density at radius 1 is 0.720 bits per heavy atom. The van der Waals surface area contributed by atoms with E-state index in [1.54, 1.807) is 24.3 Å². The molecule has 0 N–H and O–H groups in total. The lowest BCUT2D eigenvalue weighted by molar-refractivity contribution is -0.117. The normalized spacial score (nSPS) is 21.2. The average molecular weight is 667 g/mol. The summed E-state index contributed by atoms with van der Waals surface area (Å²) in [5.41, 5.74) is 16.4. The van der Waals surface area contributed by atoms with Crippen molar-refractivity contribution in [2.24, 2.45) is 11.3 Å². The SMILES string of the molecule is CC1(C)CC(=O)C2=C(CC3=C2C(c2ccc(F)cc2)C(c2c(-c4ccc(C(F)F)cc4)ccc4c2Cc2ccccc2-4)=C(C2CCCC2)C3)C1. The molecule has 0 heterocycles. The van der Waals surface area contributed by atoms with Gasteiger partial charge in [-0.25, -0.2) is 13.2 Å². The van der Waals surface area contributed by atoms with Gasteiger partial charge in [0.15, 0.2) is 5.78 Å². The van der Waals surface area contributed by atoms with E-state index in [0.29, 0.717) is 12.3 Å². The van der Waals surface area contributed by atoms with Gasteiger partial charge in [-0.15, -0.1) is 0 Å². The van der Waals surface area contributed by atoms with Crippen molar-refractivity contribution >= 4 is 11.4 Å². The summed E-state index contributed by atoms with van der Waals surface area (Å²) in [5.74, 6) is 0.130. The van der Waals surface area contributed by atoms with Crippen molar-refractivity contribution in [1.29, 1.82) is 0 Å². The number of hydrogen-bond donors (Lipinski definition) is 0. The third-order valence-electron chi connectivity index (χ3n) is 12.1. The molecule has 4 heteroatoms. The summed E-state index contributed by atoms with van der Waals surface area (Å²) in [5, 5.41) is 0. The fourth-order valence-corrected chi connectivity index (χ4v) is 10.1. The molecule has 0 saturated heterocycles. The minimum atomic E-state index is -2.54. The van der Waals surface area contributed by atoms with Crippen LogP contribution in [0, 0.1) is 17.2 Å². The number of rotatable bonds is 5. The Bertz CT molecular complexity index is 2150. The molecule has 0 spiro atoms. The maximum atomic E-state index is 14.6. The zero-order valence-corrected chi connectivity index (χ0v) is 28.7.